The Kier molecular flexibility index (Phi) is 5.22. The standard InChI is InChI=1S/C10H20O/c1-8(2)5-6-10(11)7-9(3)4/h8,10-11H,3,5-7H2,1-2,4H3. The largest absolute Gasteiger partial charge is 0.393 e. The number of hydrogen-bond acceptors (Lipinski definition) is 1. The van der Waals surface area contributed by atoms with Crippen molar-refractivity contribution in [2.75, 3.05) is 0 Å². The molecule has 0 aliphatic carbocycles. The molecule has 0 bridgehead atoms. The molecule has 0 aromatic carbocycles. The Hall–Kier alpha value is -0.300. The smallest absolute Gasteiger partial charge is 0.0577 e. The van der Waals surface area contributed by atoms with Crippen molar-refractivity contribution in [1.82, 2.24) is 0 Å². The summed E-state index contributed by atoms with van der Waals surface area (Å²) in [5.74, 6) is 0.690. The maximum absolute atomic E-state index is 9.41. The summed E-state index contributed by atoms with van der Waals surface area (Å²) in [5.41, 5.74) is 1.07. The molecule has 0 aromatic rings. The van der Waals surface area contributed by atoms with Gasteiger partial charge in [-0.15, -0.1) is 6.58 Å². The quantitative estimate of drug-likeness (QED) is 0.607. The van der Waals surface area contributed by atoms with E-state index in [-0.39, 0.29) is 6.10 Å². The van der Waals surface area contributed by atoms with Crippen LogP contribution in [0.5, 0.6) is 0 Å². The molecule has 1 atom stereocenters. The topological polar surface area (TPSA) is 20.2 Å². The van der Waals surface area contributed by atoms with Gasteiger partial charge < -0.3 is 5.11 Å². The molecule has 0 spiro atoms. The van der Waals surface area contributed by atoms with Crippen LogP contribution in [0.15, 0.2) is 12.2 Å². The highest BCUT2D eigenvalue weighted by molar-refractivity contribution is 4.90. The number of rotatable bonds is 5. The zero-order valence-corrected chi connectivity index (χ0v) is 7.93. The second-order valence-corrected chi connectivity index (χ2v) is 3.79. The van der Waals surface area contributed by atoms with Crippen molar-refractivity contribution in [3.8, 4) is 0 Å². The van der Waals surface area contributed by atoms with E-state index < -0.39 is 0 Å². The molecule has 1 heteroatoms. The summed E-state index contributed by atoms with van der Waals surface area (Å²) in [4.78, 5) is 0. The van der Waals surface area contributed by atoms with Crippen molar-refractivity contribution in [3.05, 3.63) is 12.2 Å². The van der Waals surface area contributed by atoms with Crippen LogP contribution in [0, 0.1) is 5.92 Å². The molecule has 0 aliphatic heterocycles. The summed E-state index contributed by atoms with van der Waals surface area (Å²) in [5, 5.41) is 9.41. The van der Waals surface area contributed by atoms with E-state index in [1.807, 2.05) is 6.92 Å². The van der Waals surface area contributed by atoms with Crippen molar-refractivity contribution < 1.29 is 5.11 Å². The van der Waals surface area contributed by atoms with Crippen LogP contribution < -0.4 is 0 Å². The third-order valence-electron chi connectivity index (χ3n) is 1.66. The Labute approximate surface area is 70.1 Å². The predicted octanol–water partition coefficient (Wildman–Crippen LogP) is 2.75. The van der Waals surface area contributed by atoms with Gasteiger partial charge in [0.15, 0.2) is 0 Å². The third-order valence-corrected chi connectivity index (χ3v) is 1.66. The van der Waals surface area contributed by atoms with Crippen molar-refractivity contribution in [2.45, 2.75) is 46.1 Å². The van der Waals surface area contributed by atoms with Crippen LogP contribution in [0.25, 0.3) is 0 Å². The van der Waals surface area contributed by atoms with Gasteiger partial charge in [-0.25, -0.2) is 0 Å². The van der Waals surface area contributed by atoms with Gasteiger partial charge in [-0.1, -0.05) is 19.4 Å². The monoisotopic (exact) mass is 156 g/mol. The van der Waals surface area contributed by atoms with Crippen LogP contribution in [0.2, 0.25) is 0 Å². The van der Waals surface area contributed by atoms with E-state index in [1.165, 1.54) is 0 Å². The molecule has 0 amide bonds. The fraction of sp³-hybridized carbons (Fsp3) is 0.800. The number of aliphatic hydroxyl groups is 1. The minimum Gasteiger partial charge on any atom is -0.393 e. The molecule has 66 valence electrons. The van der Waals surface area contributed by atoms with E-state index in [0.717, 1.165) is 24.8 Å². The summed E-state index contributed by atoms with van der Waals surface area (Å²) < 4.78 is 0. The predicted molar refractivity (Wildman–Crippen MR) is 49.5 cm³/mol. The number of hydrogen-bond donors (Lipinski definition) is 1. The zero-order chi connectivity index (χ0) is 8.85. The molecular formula is C10H20O. The lowest BCUT2D eigenvalue weighted by Crippen LogP contribution is -2.07. The molecule has 0 aromatic heterocycles. The third kappa shape index (κ3) is 7.60. The Bertz CT molecular complexity index is 116. The molecule has 11 heavy (non-hydrogen) atoms. The minimum absolute atomic E-state index is 0.171. The Morgan fingerprint density at radius 1 is 1.36 bits per heavy atom. The molecule has 0 radical (unpaired) electrons. The second-order valence-electron chi connectivity index (χ2n) is 3.79. The van der Waals surface area contributed by atoms with E-state index in [0.29, 0.717) is 5.92 Å². The van der Waals surface area contributed by atoms with E-state index in [4.69, 9.17) is 0 Å². The molecule has 0 fully saturated rings. The molecule has 1 nitrogen and oxygen atoms in total. The first-order valence-electron chi connectivity index (χ1n) is 4.34. The van der Waals surface area contributed by atoms with Gasteiger partial charge in [0.25, 0.3) is 0 Å². The van der Waals surface area contributed by atoms with E-state index in [9.17, 15) is 5.11 Å². The van der Waals surface area contributed by atoms with Gasteiger partial charge in [0, 0.05) is 0 Å². The molecular weight excluding hydrogens is 136 g/mol. The molecule has 0 saturated heterocycles. The first-order valence-corrected chi connectivity index (χ1v) is 4.34. The average Bonchev–Trinajstić information content (AvgIpc) is 1.82. The summed E-state index contributed by atoms with van der Waals surface area (Å²) in [6, 6.07) is 0. The fourth-order valence-electron chi connectivity index (χ4n) is 1.03. The molecule has 1 unspecified atom stereocenters. The van der Waals surface area contributed by atoms with Crippen LogP contribution in [0.4, 0.5) is 0 Å². The highest BCUT2D eigenvalue weighted by Gasteiger charge is 2.04. The van der Waals surface area contributed by atoms with Gasteiger partial charge in [0.1, 0.15) is 0 Å². The van der Waals surface area contributed by atoms with Crippen LogP contribution >= 0.6 is 0 Å². The van der Waals surface area contributed by atoms with Crippen LogP contribution in [-0.4, -0.2) is 11.2 Å². The maximum atomic E-state index is 9.41. The highest BCUT2D eigenvalue weighted by atomic mass is 16.3. The van der Waals surface area contributed by atoms with E-state index >= 15 is 0 Å². The minimum atomic E-state index is -0.171. The van der Waals surface area contributed by atoms with Gasteiger partial charge in [-0.3, -0.25) is 0 Å². The van der Waals surface area contributed by atoms with Gasteiger partial charge >= 0.3 is 0 Å². The first-order chi connectivity index (χ1) is 5.02. The van der Waals surface area contributed by atoms with Gasteiger partial charge in [0.2, 0.25) is 0 Å². The van der Waals surface area contributed by atoms with Crippen LogP contribution in [0.1, 0.15) is 40.0 Å². The molecule has 0 saturated carbocycles. The van der Waals surface area contributed by atoms with E-state index in [1.54, 1.807) is 0 Å². The lowest BCUT2D eigenvalue weighted by Gasteiger charge is -2.11. The molecule has 0 rings (SSSR count). The summed E-state index contributed by atoms with van der Waals surface area (Å²) >= 11 is 0. The number of aliphatic hydroxyl groups excluding tert-OH is 1. The molecule has 1 N–H and O–H groups in total. The Morgan fingerprint density at radius 3 is 2.27 bits per heavy atom. The fourth-order valence-corrected chi connectivity index (χ4v) is 1.03. The van der Waals surface area contributed by atoms with Gasteiger partial charge in [-0.05, 0) is 32.1 Å². The van der Waals surface area contributed by atoms with Crippen molar-refractivity contribution in [2.24, 2.45) is 5.92 Å². The van der Waals surface area contributed by atoms with Crippen molar-refractivity contribution in [1.29, 1.82) is 0 Å². The van der Waals surface area contributed by atoms with Gasteiger partial charge in [0.05, 0.1) is 6.10 Å². The normalized spacial score (nSPS) is 13.5. The lowest BCUT2D eigenvalue weighted by atomic mass is 10.0. The first kappa shape index (κ1) is 10.7. The SMILES string of the molecule is C=C(C)CC(O)CCC(C)C. The molecule has 0 aliphatic rings. The van der Waals surface area contributed by atoms with Crippen LogP contribution in [0.3, 0.4) is 0 Å². The second kappa shape index (κ2) is 5.36. The highest BCUT2D eigenvalue weighted by Crippen LogP contribution is 2.11. The van der Waals surface area contributed by atoms with E-state index in [2.05, 4.69) is 20.4 Å². The maximum Gasteiger partial charge on any atom is 0.0577 e. The summed E-state index contributed by atoms with van der Waals surface area (Å²) in [6.45, 7) is 10.1. The lowest BCUT2D eigenvalue weighted by molar-refractivity contribution is 0.157. The zero-order valence-electron chi connectivity index (χ0n) is 7.93. The Morgan fingerprint density at radius 2 is 1.91 bits per heavy atom. The average molecular weight is 156 g/mol. The van der Waals surface area contributed by atoms with Crippen LogP contribution in [-0.2, 0) is 0 Å². The van der Waals surface area contributed by atoms with Gasteiger partial charge in [-0.2, -0.15) is 0 Å². The van der Waals surface area contributed by atoms with Crippen molar-refractivity contribution >= 4 is 0 Å². The summed E-state index contributed by atoms with van der Waals surface area (Å²) in [6.07, 6.45) is 2.60. The Balaban J connectivity index is 3.37. The van der Waals surface area contributed by atoms with Crippen molar-refractivity contribution in [3.63, 3.8) is 0 Å². The molecule has 0 heterocycles. The summed E-state index contributed by atoms with van der Waals surface area (Å²) in [7, 11) is 0.